The molecule has 0 unspecified atom stereocenters. The number of primary amides is 1. The van der Waals surface area contributed by atoms with Crippen molar-refractivity contribution in [3.8, 4) is 84.8 Å². The van der Waals surface area contributed by atoms with Gasteiger partial charge in [-0.3, -0.25) is 14.4 Å². The number of benzene rings is 9. The molecule has 1 amide bonds. The van der Waals surface area contributed by atoms with E-state index in [1.54, 1.807) is 51.7 Å². The van der Waals surface area contributed by atoms with Crippen LogP contribution in [0, 0.1) is 9.02 Å². The molecule has 8 N–H and O–H groups in total. The third kappa shape index (κ3) is 24.3. The van der Waals surface area contributed by atoms with Crippen molar-refractivity contribution in [2.24, 2.45) is 5.73 Å². The average Bonchev–Trinajstić information content (AvgIpc) is 0.810. The molecule has 0 aliphatic rings. The van der Waals surface area contributed by atoms with Crippen LogP contribution in [0.15, 0.2) is 281 Å². The summed E-state index contributed by atoms with van der Waals surface area (Å²) in [5.74, 6) is 1.89. The van der Waals surface area contributed by atoms with Crippen LogP contribution in [0.5, 0.6) is 40.2 Å². The molecule has 0 radical (unpaired) electrons. The van der Waals surface area contributed by atoms with Crippen LogP contribution in [-0.4, -0.2) is 81.0 Å². The number of nitrogens with two attached hydrogens (primary N) is 1. The fraction of sp³-hybridized carbons (Fsp3) is 0.176. The van der Waals surface area contributed by atoms with Gasteiger partial charge in [0.1, 0.15) is 88.0 Å². The quantitative estimate of drug-likeness (QED) is 0.0235. The number of aryl methyl sites for hydroxylation is 8. The second-order valence-corrected chi connectivity index (χ2v) is 31.8. The lowest BCUT2D eigenvalue weighted by Gasteiger charge is -2.09. The van der Waals surface area contributed by atoms with E-state index in [1.165, 1.54) is 24.3 Å². The van der Waals surface area contributed by atoms with Crippen molar-refractivity contribution < 1.29 is 84.1 Å². The standard InChI is InChI=1S/C27H24O6S.C22H22O5S2.C21H19NO5.C21H20O4S/c1-32-22-14-12-21(13-15-22)20-10-7-19(8-11-20)9-16-26-27(29)25(28)17-23(33-26)18-34(30,31)24-5-3-2-4-6-24;1-26-18-10-8-17(9-11-18)16-6-3-15(4-7-16)5-12-20-22(23)21(28)13-19(27-20)14-29(2,24)25;22-21(26)16-8-6-15(7-9-16)14-4-1-13(2-5-14)3-10-19-20(25)18(24)11-17(12-23)27-19;1-24-17-9-7-16(8-10-17)15-5-2-14(3-6-15)4-11-19-21(23)20(26)12-18(13-22)25-19/h2-8,10-15,17,29H,9,16,18H2,1H3;3-4,6-11,13,23H,5,12,14H2,1-2H3;1-2,4-9,11,23,25H,3,10,12H2,(H2,22,26);2-3,5-10,12,22-23H,4,11,13H2,1H3. The van der Waals surface area contributed by atoms with Gasteiger partial charge >= 0.3 is 0 Å². The van der Waals surface area contributed by atoms with E-state index in [4.69, 9.17) is 67.2 Å². The number of ether oxygens (including phenoxy) is 3. The van der Waals surface area contributed by atoms with Crippen LogP contribution in [0.3, 0.4) is 0 Å². The maximum Gasteiger partial charge on any atom is 0.248 e. The largest absolute Gasteiger partial charge is 0.503 e. The zero-order valence-electron chi connectivity index (χ0n) is 63.8. The van der Waals surface area contributed by atoms with Crippen LogP contribution in [-0.2, 0) is 95.8 Å². The van der Waals surface area contributed by atoms with E-state index >= 15 is 0 Å². The number of aliphatic hydroxyl groups is 2. The molecule has 4 heterocycles. The lowest BCUT2D eigenvalue weighted by Crippen LogP contribution is -2.10. The number of amides is 1. The smallest absolute Gasteiger partial charge is 0.248 e. The number of hydrogen-bond donors (Lipinski definition) is 7. The highest BCUT2D eigenvalue weighted by molar-refractivity contribution is 7.90. The first-order chi connectivity index (χ1) is 55.7. The normalized spacial score (nSPS) is 11.1. The van der Waals surface area contributed by atoms with Gasteiger partial charge in [-0.25, -0.2) is 16.8 Å². The van der Waals surface area contributed by atoms with Crippen LogP contribution in [0.4, 0.5) is 0 Å². The predicted octanol–water partition coefficient (Wildman–Crippen LogP) is 16.6. The number of hydrogen-bond acceptors (Lipinski definition) is 22. The Kier molecular flexibility index (Phi) is 30.0. The summed E-state index contributed by atoms with van der Waals surface area (Å²) in [5, 5.41) is 58.5. The molecule has 0 aliphatic carbocycles. The van der Waals surface area contributed by atoms with E-state index in [1.807, 2.05) is 158 Å². The van der Waals surface area contributed by atoms with Gasteiger partial charge in [0.15, 0.2) is 31.2 Å². The molecule has 0 bridgehead atoms. The van der Waals surface area contributed by atoms with E-state index in [0.717, 1.165) is 102 Å². The van der Waals surface area contributed by atoms with Crippen molar-refractivity contribution >= 4 is 50.0 Å². The van der Waals surface area contributed by atoms with E-state index in [9.17, 15) is 56.8 Å². The lowest BCUT2D eigenvalue weighted by molar-refractivity contribution is 0.1000. The maximum atomic E-state index is 12.6. The minimum Gasteiger partial charge on any atom is -0.503 e. The van der Waals surface area contributed by atoms with E-state index in [-0.39, 0.29) is 68.5 Å². The van der Waals surface area contributed by atoms with Gasteiger partial charge in [0.2, 0.25) is 28.3 Å². The van der Waals surface area contributed by atoms with Crippen molar-refractivity contribution in [3.63, 3.8) is 0 Å². The Labute approximate surface area is 680 Å². The summed E-state index contributed by atoms with van der Waals surface area (Å²) in [7, 11) is -2.02. The zero-order valence-corrected chi connectivity index (χ0v) is 67.0. The molecule has 598 valence electrons. The fourth-order valence-corrected chi connectivity index (χ4v) is 14.6. The first-order valence-corrected chi connectivity index (χ1v) is 41.0. The number of sulfone groups is 2. The number of aromatic hydroxyl groups is 4. The Morgan fingerprint density at radius 3 is 0.931 bits per heavy atom. The molecule has 13 aromatic rings. The summed E-state index contributed by atoms with van der Waals surface area (Å²) in [6, 6.07) is 75.6. The molecular weight excluding hydrogens is 1560 g/mol. The minimum atomic E-state index is -3.68. The first-order valence-electron chi connectivity index (χ1n) is 36.4. The van der Waals surface area contributed by atoms with Gasteiger partial charge in [0.05, 0.1) is 35.2 Å². The predicted molar refractivity (Wildman–Crippen MR) is 449 cm³/mol. The highest BCUT2D eigenvalue weighted by Gasteiger charge is 2.21. The molecule has 21 nitrogen and oxygen atoms in total. The van der Waals surface area contributed by atoms with Gasteiger partial charge in [-0.1, -0.05) is 188 Å². The van der Waals surface area contributed by atoms with Crippen molar-refractivity contribution in [2.45, 2.75) is 81.0 Å². The summed E-state index contributed by atoms with van der Waals surface area (Å²) >= 11 is 10.2. The molecule has 4 aromatic heterocycles. The van der Waals surface area contributed by atoms with Crippen LogP contribution < -0.4 is 30.8 Å². The Hall–Kier alpha value is -12.5. The maximum absolute atomic E-state index is 12.6. The third-order valence-corrected chi connectivity index (χ3v) is 21.6. The molecular formula is C91H85NO20S4. The third-order valence-electron chi connectivity index (χ3n) is 18.5. The SMILES string of the molecule is COc1ccc(-c2ccc(CCc3oc(CO)cc(=S)c3O)cc2)cc1.COc1ccc(-c2ccc(CCc3oc(CS(=O)(=O)c4ccccc4)cc(=O)c3O)cc2)cc1.COc1ccc(-c2ccc(CCc3oc(CS(C)(=O)=O)cc(=S)c3O)cc2)cc1.NC(=O)c1ccc(-c2ccc(CCc3oc(CO)cc(=O)c3O)cc2)cc1. The van der Waals surface area contributed by atoms with Gasteiger partial charge in [-0.2, -0.15) is 0 Å². The highest BCUT2D eigenvalue weighted by atomic mass is 32.2. The molecule has 0 saturated heterocycles. The molecule has 0 atom stereocenters. The van der Waals surface area contributed by atoms with Gasteiger partial charge in [-0.15, -0.1) is 0 Å². The molecule has 25 heteroatoms. The van der Waals surface area contributed by atoms with Gasteiger partial charge in [0, 0.05) is 55.7 Å². The molecule has 116 heavy (non-hydrogen) atoms. The molecule has 0 saturated carbocycles. The van der Waals surface area contributed by atoms with Crippen LogP contribution in [0.1, 0.15) is 78.7 Å². The Morgan fingerprint density at radius 2 is 0.629 bits per heavy atom. The second kappa shape index (κ2) is 40.5. The Morgan fingerprint density at radius 1 is 0.362 bits per heavy atom. The van der Waals surface area contributed by atoms with Crippen LogP contribution >= 0.6 is 24.4 Å². The molecule has 9 aromatic carbocycles. The molecule has 13 rings (SSSR count). The van der Waals surface area contributed by atoms with Crippen molar-refractivity contribution in [2.75, 3.05) is 27.6 Å². The monoisotopic (exact) mass is 1640 g/mol. The van der Waals surface area contributed by atoms with Crippen molar-refractivity contribution in [1.82, 2.24) is 0 Å². The molecule has 0 spiro atoms. The van der Waals surface area contributed by atoms with Crippen LogP contribution in [0.2, 0.25) is 0 Å². The van der Waals surface area contributed by atoms with Gasteiger partial charge < -0.3 is 68.3 Å². The average molecular weight is 1640 g/mol. The Balaban J connectivity index is 0.000000164. The molecule has 0 aliphatic heterocycles. The topological polar surface area (TPSA) is 347 Å². The summed E-state index contributed by atoms with van der Waals surface area (Å²) in [5.41, 5.74) is 17.2. The van der Waals surface area contributed by atoms with Crippen molar-refractivity contribution in [3.05, 3.63) is 352 Å². The summed E-state index contributed by atoms with van der Waals surface area (Å²) in [6.07, 6.45) is 5.02. The second-order valence-electron chi connectivity index (χ2n) is 26.8. The Bertz CT molecular complexity index is 5980. The first kappa shape index (κ1) is 85.9. The van der Waals surface area contributed by atoms with Crippen LogP contribution in [0.25, 0.3) is 44.5 Å². The highest BCUT2D eigenvalue weighted by Crippen LogP contribution is 2.31. The fourth-order valence-electron chi connectivity index (χ4n) is 12.1. The lowest BCUT2D eigenvalue weighted by atomic mass is 10.0. The number of methoxy groups -OCH3 is 3. The van der Waals surface area contributed by atoms with E-state index in [2.05, 4.69) is 24.3 Å². The molecule has 0 fully saturated rings. The summed E-state index contributed by atoms with van der Waals surface area (Å²) in [4.78, 5) is 35.1. The number of carbonyl (C=O) groups excluding carboxylic acids is 1. The summed E-state index contributed by atoms with van der Waals surface area (Å²) < 4.78 is 86.4. The van der Waals surface area contributed by atoms with Gasteiger partial charge in [0.25, 0.3) is 0 Å². The van der Waals surface area contributed by atoms with Gasteiger partial charge in [-0.05, 0) is 159 Å². The van der Waals surface area contributed by atoms with E-state index < -0.39 is 60.3 Å². The number of aliphatic hydroxyl groups excluding tert-OH is 2. The zero-order chi connectivity index (χ0) is 83.1. The number of rotatable bonds is 27. The number of carbonyl (C=O) groups is 1. The minimum absolute atomic E-state index is 0.00323. The van der Waals surface area contributed by atoms with Crippen molar-refractivity contribution in [1.29, 1.82) is 0 Å². The summed E-state index contributed by atoms with van der Waals surface area (Å²) in [6.45, 7) is -0.640. The van der Waals surface area contributed by atoms with E-state index in [0.29, 0.717) is 72.3 Å².